The van der Waals surface area contributed by atoms with Crippen molar-refractivity contribution in [3.8, 4) is 5.75 Å². The fraction of sp³-hybridized carbons (Fsp3) is 0.121. The zero-order chi connectivity index (χ0) is 32.3. The quantitative estimate of drug-likeness (QED) is 0.0642. The smallest absolute Gasteiger partial charge is 0.276 e. The van der Waals surface area contributed by atoms with Crippen LogP contribution in [0.2, 0.25) is 5.02 Å². The van der Waals surface area contributed by atoms with E-state index in [4.69, 9.17) is 16.3 Å². The minimum Gasteiger partial charge on any atom is -0.495 e. The van der Waals surface area contributed by atoms with E-state index in [1.165, 1.54) is 43.1 Å². The molecule has 0 heterocycles. The molecule has 1 atom stereocenters. The molecule has 10 nitrogen and oxygen atoms in total. The molecule has 0 spiro atoms. The van der Waals surface area contributed by atoms with E-state index >= 15 is 0 Å². The molecule has 1 unspecified atom stereocenters. The van der Waals surface area contributed by atoms with E-state index in [2.05, 4.69) is 16.0 Å². The number of hydrogen-bond donors (Lipinski definition) is 3. The maximum absolute atomic E-state index is 13.5. The first-order chi connectivity index (χ1) is 21.7. The Morgan fingerprint density at radius 3 is 2.40 bits per heavy atom. The number of para-hydroxylation sites is 1. The average molecular weight is 645 g/mol. The van der Waals surface area contributed by atoms with Gasteiger partial charge in [0.15, 0.2) is 0 Å². The minimum absolute atomic E-state index is 0.137. The molecule has 0 aliphatic rings. The van der Waals surface area contributed by atoms with Gasteiger partial charge in [0, 0.05) is 27.2 Å². The third-order valence-electron chi connectivity index (χ3n) is 6.41. The van der Waals surface area contributed by atoms with Crippen LogP contribution in [0.1, 0.15) is 29.3 Å². The second kappa shape index (κ2) is 15.6. The van der Waals surface area contributed by atoms with Gasteiger partial charge in [-0.3, -0.25) is 24.5 Å². The molecule has 0 bridgehead atoms. The number of amides is 3. The highest BCUT2D eigenvalue weighted by Gasteiger charge is 2.21. The van der Waals surface area contributed by atoms with Gasteiger partial charge in [-0.2, -0.15) is 0 Å². The van der Waals surface area contributed by atoms with Crippen molar-refractivity contribution in [2.75, 3.05) is 17.7 Å². The topological polar surface area (TPSA) is 140 Å². The monoisotopic (exact) mass is 644 g/mol. The van der Waals surface area contributed by atoms with Gasteiger partial charge >= 0.3 is 0 Å². The van der Waals surface area contributed by atoms with Gasteiger partial charge in [0.2, 0.25) is 5.91 Å². The number of nitro groups is 1. The van der Waals surface area contributed by atoms with Crippen LogP contribution in [0.5, 0.6) is 5.75 Å². The Labute approximate surface area is 269 Å². The van der Waals surface area contributed by atoms with Crippen LogP contribution in [0.3, 0.4) is 0 Å². The molecule has 0 aromatic heterocycles. The number of ether oxygens (including phenoxy) is 1. The van der Waals surface area contributed by atoms with Crippen molar-refractivity contribution < 1.29 is 24.0 Å². The first-order valence-electron chi connectivity index (χ1n) is 13.7. The van der Waals surface area contributed by atoms with E-state index in [-0.39, 0.29) is 22.9 Å². The molecule has 230 valence electrons. The van der Waals surface area contributed by atoms with Crippen LogP contribution >= 0.6 is 23.4 Å². The molecule has 3 N–H and O–H groups in total. The summed E-state index contributed by atoms with van der Waals surface area (Å²) in [6.45, 7) is 1.88. The Hall–Kier alpha value is -5.13. The first-order valence-corrected chi connectivity index (χ1v) is 15.0. The fourth-order valence-electron chi connectivity index (χ4n) is 4.20. The lowest BCUT2D eigenvalue weighted by Crippen LogP contribution is -2.30. The van der Waals surface area contributed by atoms with Gasteiger partial charge in [-0.1, -0.05) is 54.9 Å². The van der Waals surface area contributed by atoms with Crippen molar-refractivity contribution in [1.29, 1.82) is 0 Å². The van der Waals surface area contributed by atoms with E-state index in [9.17, 15) is 24.5 Å². The maximum Gasteiger partial charge on any atom is 0.276 e. The largest absolute Gasteiger partial charge is 0.495 e. The summed E-state index contributed by atoms with van der Waals surface area (Å²) in [4.78, 5) is 51.3. The van der Waals surface area contributed by atoms with E-state index in [0.717, 1.165) is 0 Å². The normalized spacial score (nSPS) is 11.7. The number of nitrogens with zero attached hydrogens (tertiary/aromatic N) is 1. The highest BCUT2D eigenvalue weighted by atomic mass is 35.5. The Balaban J connectivity index is 1.55. The molecule has 0 radical (unpaired) electrons. The van der Waals surface area contributed by atoms with Crippen molar-refractivity contribution in [2.24, 2.45) is 0 Å². The van der Waals surface area contributed by atoms with E-state index < -0.39 is 22.0 Å². The summed E-state index contributed by atoms with van der Waals surface area (Å²) in [5.74, 6) is -1.04. The van der Waals surface area contributed by atoms with Gasteiger partial charge < -0.3 is 20.7 Å². The van der Waals surface area contributed by atoms with Crippen molar-refractivity contribution in [3.63, 3.8) is 0 Å². The SMILES string of the molecule is CCC(Sc1cccc(NC(=O)/C(=C\c2ccccc2[N+](=O)[O-])NC(=O)c2ccccc2)c1)C(=O)Nc1cc(Cl)ccc1OC. The highest BCUT2D eigenvalue weighted by Crippen LogP contribution is 2.32. The first kappa shape index (κ1) is 32.8. The number of benzene rings is 4. The van der Waals surface area contributed by atoms with Crippen molar-refractivity contribution in [2.45, 2.75) is 23.5 Å². The number of hydrogen-bond acceptors (Lipinski definition) is 7. The van der Waals surface area contributed by atoms with Gasteiger partial charge in [0.25, 0.3) is 17.5 Å². The number of halogens is 1. The van der Waals surface area contributed by atoms with Crippen LogP contribution in [0.4, 0.5) is 17.1 Å². The number of nitro benzene ring substituents is 1. The summed E-state index contributed by atoms with van der Waals surface area (Å²) in [7, 11) is 1.50. The highest BCUT2D eigenvalue weighted by molar-refractivity contribution is 8.00. The van der Waals surface area contributed by atoms with Gasteiger partial charge in [0.1, 0.15) is 11.4 Å². The van der Waals surface area contributed by atoms with Crippen molar-refractivity contribution >= 4 is 64.2 Å². The van der Waals surface area contributed by atoms with Crippen LogP contribution in [0.15, 0.2) is 108 Å². The molecule has 45 heavy (non-hydrogen) atoms. The summed E-state index contributed by atoms with van der Waals surface area (Å²) in [6, 6.07) is 26.0. The Bertz CT molecular complexity index is 1750. The van der Waals surface area contributed by atoms with Crippen LogP contribution in [-0.2, 0) is 9.59 Å². The van der Waals surface area contributed by atoms with Gasteiger partial charge in [-0.25, -0.2) is 0 Å². The lowest BCUT2D eigenvalue weighted by Gasteiger charge is -2.17. The Kier molecular flexibility index (Phi) is 11.3. The molecule has 4 rings (SSSR count). The molecule has 0 aliphatic carbocycles. The molecule has 3 amide bonds. The van der Waals surface area contributed by atoms with Gasteiger partial charge in [0.05, 0.1) is 28.5 Å². The number of nitrogens with one attached hydrogen (secondary N) is 3. The summed E-state index contributed by atoms with van der Waals surface area (Å²) in [5, 5.41) is 19.8. The van der Waals surface area contributed by atoms with Gasteiger partial charge in [-0.15, -0.1) is 11.8 Å². The van der Waals surface area contributed by atoms with Crippen molar-refractivity contribution in [1.82, 2.24) is 5.32 Å². The number of carbonyl (C=O) groups excluding carboxylic acids is 3. The summed E-state index contributed by atoms with van der Waals surface area (Å²) in [5.41, 5.74) is 0.853. The molecule has 4 aromatic carbocycles. The number of anilines is 2. The molecular formula is C33H29ClN4O6S. The number of thioether (sulfide) groups is 1. The standard InChI is InChI=1S/C33H29ClN4O6S/c1-3-30(33(41)36-26-19-23(34)16-17-29(26)44-2)45-25-14-9-13-24(20-25)35-32(40)27(37-31(39)21-10-5-4-6-11-21)18-22-12-7-8-15-28(22)38(42)43/h4-20,30H,3H2,1-2H3,(H,35,40)(H,36,41)(H,37,39)/b27-18+. The minimum atomic E-state index is -0.697. The number of rotatable bonds is 12. The van der Waals surface area contributed by atoms with Crippen LogP contribution < -0.4 is 20.7 Å². The van der Waals surface area contributed by atoms with E-state index in [1.807, 2.05) is 6.92 Å². The lowest BCUT2D eigenvalue weighted by atomic mass is 10.1. The maximum atomic E-state index is 13.5. The van der Waals surface area contributed by atoms with E-state index in [0.29, 0.717) is 39.0 Å². The predicted octanol–water partition coefficient (Wildman–Crippen LogP) is 7.18. The predicted molar refractivity (Wildman–Crippen MR) is 177 cm³/mol. The third kappa shape index (κ3) is 8.94. The Morgan fingerprint density at radius 2 is 1.69 bits per heavy atom. The summed E-state index contributed by atoms with van der Waals surface area (Å²) >= 11 is 7.41. The molecule has 0 saturated carbocycles. The summed E-state index contributed by atoms with van der Waals surface area (Å²) < 4.78 is 5.33. The molecule has 12 heteroatoms. The third-order valence-corrected chi connectivity index (χ3v) is 8.01. The van der Waals surface area contributed by atoms with Crippen LogP contribution in [0.25, 0.3) is 6.08 Å². The number of carbonyl (C=O) groups is 3. The van der Waals surface area contributed by atoms with Crippen LogP contribution in [0, 0.1) is 10.1 Å². The van der Waals surface area contributed by atoms with E-state index in [1.54, 1.807) is 78.9 Å². The molecule has 0 aliphatic heterocycles. The average Bonchev–Trinajstić information content (AvgIpc) is 3.04. The lowest BCUT2D eigenvalue weighted by molar-refractivity contribution is -0.385. The number of methoxy groups -OCH3 is 1. The Morgan fingerprint density at radius 1 is 0.956 bits per heavy atom. The zero-order valence-corrected chi connectivity index (χ0v) is 25.9. The molecule has 0 saturated heterocycles. The molecule has 4 aromatic rings. The second-order valence-electron chi connectivity index (χ2n) is 9.52. The molecular weight excluding hydrogens is 616 g/mol. The van der Waals surface area contributed by atoms with Gasteiger partial charge in [-0.05, 0) is 67.1 Å². The van der Waals surface area contributed by atoms with Crippen molar-refractivity contribution in [3.05, 3.63) is 129 Å². The second-order valence-corrected chi connectivity index (χ2v) is 11.2. The van der Waals surface area contributed by atoms with Crippen LogP contribution in [-0.4, -0.2) is 35.0 Å². The summed E-state index contributed by atoms with van der Waals surface area (Å²) in [6.07, 6.45) is 1.76. The fourth-order valence-corrected chi connectivity index (χ4v) is 5.38. The zero-order valence-electron chi connectivity index (χ0n) is 24.3. The molecule has 0 fully saturated rings.